The summed E-state index contributed by atoms with van der Waals surface area (Å²) in [6.45, 7) is 0. The maximum absolute atomic E-state index is 9.21. The number of nitrogens with one attached hydrogen (secondary N) is 1. The second-order valence-corrected chi connectivity index (χ2v) is 7.25. The number of hydrogen-bond acceptors (Lipinski definition) is 6. The van der Waals surface area contributed by atoms with E-state index < -0.39 is 7.12 Å². The highest BCUT2D eigenvalue weighted by Gasteiger charge is 2.10. The highest BCUT2D eigenvalue weighted by molar-refractivity contribution is 7.14. The van der Waals surface area contributed by atoms with Crippen LogP contribution in [0.4, 0.5) is 5.13 Å². The quantitative estimate of drug-likeness (QED) is 0.263. The minimum atomic E-state index is -1.46. The lowest BCUT2D eigenvalue weighted by atomic mass is 9.80. The molecule has 0 aliphatic rings. The van der Waals surface area contributed by atoms with Crippen LogP contribution in [0.25, 0.3) is 22.4 Å². The minimum absolute atomic E-state index is 0.467. The van der Waals surface area contributed by atoms with E-state index in [1.807, 2.05) is 72.1 Å². The summed E-state index contributed by atoms with van der Waals surface area (Å²) in [4.78, 5) is 4.55. The third-order valence-corrected chi connectivity index (χ3v) is 5.12. The number of benzene rings is 3. The topological polar surface area (TPSA) is 77.7 Å². The first-order valence-electron chi connectivity index (χ1n) is 9.05. The van der Waals surface area contributed by atoms with Crippen LogP contribution in [-0.4, -0.2) is 28.4 Å². The largest absolute Gasteiger partial charge is 0.488 e. The fourth-order valence-electron chi connectivity index (χ4n) is 2.87. The van der Waals surface area contributed by atoms with Crippen LogP contribution >= 0.6 is 11.3 Å². The molecule has 0 radical (unpaired) electrons. The smallest absolute Gasteiger partial charge is 0.423 e. The van der Waals surface area contributed by atoms with Crippen LogP contribution in [0.1, 0.15) is 5.56 Å². The Hall–Kier alpha value is -3.26. The van der Waals surface area contributed by atoms with Gasteiger partial charge in [-0.05, 0) is 28.2 Å². The average molecular weight is 399 g/mol. The van der Waals surface area contributed by atoms with Crippen molar-refractivity contribution in [2.24, 2.45) is 5.10 Å². The monoisotopic (exact) mass is 399 g/mol. The van der Waals surface area contributed by atoms with Crippen molar-refractivity contribution in [3.05, 3.63) is 89.8 Å². The molecule has 4 aromatic rings. The molecule has 0 fully saturated rings. The van der Waals surface area contributed by atoms with Crippen LogP contribution in [0, 0.1) is 0 Å². The highest BCUT2D eigenvalue weighted by Crippen LogP contribution is 2.24. The lowest BCUT2D eigenvalue weighted by molar-refractivity contribution is 0.426. The van der Waals surface area contributed by atoms with Gasteiger partial charge in [0.25, 0.3) is 0 Å². The number of anilines is 1. The zero-order chi connectivity index (χ0) is 20.1. The molecule has 3 aromatic carbocycles. The Balaban J connectivity index is 1.44. The first-order chi connectivity index (χ1) is 14.2. The Morgan fingerprint density at radius 3 is 2.38 bits per heavy atom. The Morgan fingerprint density at radius 1 is 0.862 bits per heavy atom. The van der Waals surface area contributed by atoms with Gasteiger partial charge in [0, 0.05) is 10.9 Å². The summed E-state index contributed by atoms with van der Waals surface area (Å²) in [6.07, 6.45) is 1.75. The normalized spacial score (nSPS) is 11.0. The molecule has 5 nitrogen and oxygen atoms in total. The zero-order valence-corrected chi connectivity index (χ0v) is 16.3. The molecule has 0 bridgehead atoms. The molecule has 0 saturated heterocycles. The summed E-state index contributed by atoms with van der Waals surface area (Å²) < 4.78 is 0. The van der Waals surface area contributed by atoms with E-state index in [0.717, 1.165) is 33.1 Å². The molecular weight excluding hydrogens is 381 g/mol. The number of hydrogen-bond donors (Lipinski definition) is 3. The lowest BCUT2D eigenvalue weighted by Crippen LogP contribution is -2.29. The van der Waals surface area contributed by atoms with E-state index in [0.29, 0.717) is 5.46 Å². The van der Waals surface area contributed by atoms with Gasteiger partial charge in [0.15, 0.2) is 0 Å². The van der Waals surface area contributed by atoms with Crippen LogP contribution in [0.2, 0.25) is 0 Å². The van der Waals surface area contributed by atoms with Crippen molar-refractivity contribution in [1.29, 1.82) is 0 Å². The molecule has 0 aliphatic carbocycles. The van der Waals surface area contributed by atoms with E-state index in [4.69, 9.17) is 0 Å². The molecule has 0 amide bonds. The average Bonchev–Trinajstić information content (AvgIpc) is 3.24. The van der Waals surface area contributed by atoms with Crippen molar-refractivity contribution in [2.75, 3.05) is 5.43 Å². The van der Waals surface area contributed by atoms with Crippen LogP contribution < -0.4 is 10.9 Å². The van der Waals surface area contributed by atoms with Crippen LogP contribution in [0.15, 0.2) is 89.3 Å². The zero-order valence-electron chi connectivity index (χ0n) is 15.4. The summed E-state index contributed by atoms with van der Waals surface area (Å²) in [7, 11) is -1.46. The second-order valence-electron chi connectivity index (χ2n) is 6.40. The predicted octanol–water partition coefficient (Wildman–Crippen LogP) is 3.60. The Kier molecular flexibility index (Phi) is 5.81. The molecule has 7 heteroatoms. The van der Waals surface area contributed by atoms with Gasteiger partial charge >= 0.3 is 7.12 Å². The lowest BCUT2D eigenvalue weighted by Gasteiger charge is -2.05. The summed E-state index contributed by atoms with van der Waals surface area (Å²) in [5.41, 5.74) is 8.41. The van der Waals surface area contributed by atoms with E-state index >= 15 is 0 Å². The maximum atomic E-state index is 9.21. The summed E-state index contributed by atoms with van der Waals surface area (Å²) >= 11 is 1.51. The molecule has 0 aliphatic heterocycles. The third kappa shape index (κ3) is 4.78. The molecule has 0 spiro atoms. The van der Waals surface area contributed by atoms with E-state index in [1.54, 1.807) is 18.3 Å². The highest BCUT2D eigenvalue weighted by atomic mass is 32.1. The van der Waals surface area contributed by atoms with Gasteiger partial charge in [-0.25, -0.2) is 4.98 Å². The summed E-state index contributed by atoms with van der Waals surface area (Å²) in [5, 5.41) is 25.5. The number of nitrogens with zero attached hydrogens (tertiary/aromatic N) is 2. The van der Waals surface area contributed by atoms with Gasteiger partial charge < -0.3 is 10.0 Å². The van der Waals surface area contributed by atoms with Crippen molar-refractivity contribution >= 4 is 35.3 Å². The van der Waals surface area contributed by atoms with E-state index in [1.165, 1.54) is 11.3 Å². The van der Waals surface area contributed by atoms with Crippen molar-refractivity contribution in [1.82, 2.24) is 4.98 Å². The fourth-order valence-corrected chi connectivity index (χ4v) is 3.54. The second kappa shape index (κ2) is 8.83. The molecule has 0 saturated carbocycles. The van der Waals surface area contributed by atoms with Crippen molar-refractivity contribution in [2.45, 2.75) is 0 Å². The number of aromatic nitrogens is 1. The number of rotatable bonds is 6. The summed E-state index contributed by atoms with van der Waals surface area (Å²) in [6, 6.07) is 25.1. The molecule has 142 valence electrons. The molecule has 4 rings (SSSR count). The van der Waals surface area contributed by atoms with Crippen LogP contribution in [0.5, 0.6) is 0 Å². The minimum Gasteiger partial charge on any atom is -0.423 e. The van der Waals surface area contributed by atoms with Crippen molar-refractivity contribution in [3.63, 3.8) is 0 Å². The van der Waals surface area contributed by atoms with Crippen LogP contribution in [-0.2, 0) is 0 Å². The van der Waals surface area contributed by atoms with E-state index in [-0.39, 0.29) is 0 Å². The summed E-state index contributed by atoms with van der Waals surface area (Å²) in [5.74, 6) is 0. The van der Waals surface area contributed by atoms with Gasteiger partial charge in [-0.2, -0.15) is 5.10 Å². The Morgan fingerprint density at radius 2 is 1.62 bits per heavy atom. The van der Waals surface area contributed by atoms with E-state index in [2.05, 4.69) is 15.5 Å². The molecule has 1 heterocycles. The molecule has 0 unspecified atom stereocenters. The Bertz CT molecular complexity index is 1110. The maximum Gasteiger partial charge on any atom is 0.488 e. The van der Waals surface area contributed by atoms with Gasteiger partial charge in [-0.15, -0.1) is 11.3 Å². The number of thiazole rings is 1. The van der Waals surface area contributed by atoms with Gasteiger partial charge in [0.1, 0.15) is 0 Å². The first-order valence-corrected chi connectivity index (χ1v) is 9.93. The van der Waals surface area contributed by atoms with Gasteiger partial charge in [-0.3, -0.25) is 5.43 Å². The van der Waals surface area contributed by atoms with Crippen molar-refractivity contribution < 1.29 is 10.0 Å². The third-order valence-electron chi connectivity index (χ3n) is 4.38. The first kappa shape index (κ1) is 19.1. The van der Waals surface area contributed by atoms with Crippen LogP contribution in [0.3, 0.4) is 0 Å². The molecule has 0 atom stereocenters. The van der Waals surface area contributed by atoms with Crippen molar-refractivity contribution in [3.8, 4) is 22.4 Å². The van der Waals surface area contributed by atoms with Gasteiger partial charge in [-0.1, -0.05) is 72.8 Å². The molecule has 3 N–H and O–H groups in total. The predicted molar refractivity (Wildman–Crippen MR) is 120 cm³/mol. The molecular formula is C22H18BN3O2S. The van der Waals surface area contributed by atoms with Gasteiger partial charge in [0.2, 0.25) is 5.13 Å². The Labute approximate surface area is 173 Å². The SMILES string of the molecule is OB(O)c1ccc(-c2cccc(C=NNc3nc(-c4ccccc4)cs3)c2)cc1. The number of hydrazone groups is 1. The molecule has 29 heavy (non-hydrogen) atoms. The van der Waals surface area contributed by atoms with E-state index in [9.17, 15) is 10.0 Å². The van der Waals surface area contributed by atoms with Gasteiger partial charge in [0.05, 0.1) is 11.9 Å². The molecule has 1 aromatic heterocycles. The standard InChI is InChI=1S/C22H18BN3O2S/c27-23(28)20-11-9-17(10-12-20)19-8-4-5-16(13-19)14-24-26-22-25-21(15-29-22)18-6-2-1-3-7-18/h1-15,27-28H,(H,25,26). The fraction of sp³-hybridized carbons (Fsp3) is 0.